The van der Waals surface area contributed by atoms with Crippen LogP contribution in [0.3, 0.4) is 0 Å². The van der Waals surface area contributed by atoms with E-state index in [1.807, 2.05) is 58.0 Å². The van der Waals surface area contributed by atoms with Crippen LogP contribution >= 0.6 is 22.7 Å². The van der Waals surface area contributed by atoms with Crippen LogP contribution in [0.2, 0.25) is 0 Å². The van der Waals surface area contributed by atoms with Crippen molar-refractivity contribution >= 4 is 92.6 Å². The van der Waals surface area contributed by atoms with Gasteiger partial charge in [0.05, 0.1) is 27.9 Å². The van der Waals surface area contributed by atoms with Gasteiger partial charge in [0.2, 0.25) is 41.4 Å². The minimum Gasteiger partial charge on any atom is -0.345 e. The number of benzene rings is 1. The lowest BCUT2D eigenvalue weighted by Crippen LogP contribution is -2.61. The summed E-state index contributed by atoms with van der Waals surface area (Å²) < 4.78 is 0. The average Bonchev–Trinajstić information content (AvgIpc) is 1.78. The lowest BCUT2D eigenvalue weighted by Gasteiger charge is -2.32. The van der Waals surface area contributed by atoms with Crippen LogP contribution in [-0.4, -0.2) is 144 Å². The van der Waals surface area contributed by atoms with Gasteiger partial charge in [-0.15, -0.1) is 22.7 Å². The van der Waals surface area contributed by atoms with E-state index in [1.165, 1.54) is 27.6 Å². The summed E-state index contributed by atoms with van der Waals surface area (Å²) in [4.78, 5) is 148. The Balaban J connectivity index is 1.22. The Morgan fingerprint density at radius 1 is 0.575 bits per heavy atom. The van der Waals surface area contributed by atoms with Gasteiger partial charge in [0, 0.05) is 22.7 Å². The quantitative estimate of drug-likeness (QED) is 0.120. The lowest BCUT2D eigenvalue weighted by atomic mass is 9.97. The zero-order valence-electron chi connectivity index (χ0n) is 51.9. The first kappa shape index (κ1) is 67.8. The number of nitrogens with zero attached hydrogens (tertiary/aromatic N) is 1. The van der Waals surface area contributed by atoms with Crippen molar-refractivity contribution in [2.24, 2.45) is 29.2 Å². The highest BCUT2D eigenvalue weighted by atomic mass is 32.1. The Morgan fingerprint density at radius 2 is 1.09 bits per heavy atom. The Morgan fingerprint density at radius 3 is 1.67 bits per heavy atom. The van der Waals surface area contributed by atoms with Crippen LogP contribution in [0.15, 0.2) is 42.5 Å². The van der Waals surface area contributed by atoms with Crippen LogP contribution in [-0.2, 0) is 44.8 Å². The van der Waals surface area contributed by atoms with Gasteiger partial charge in [-0.3, -0.25) is 53.3 Å². The van der Waals surface area contributed by atoms with Crippen LogP contribution in [0, 0.1) is 31.6 Å². The van der Waals surface area contributed by atoms with Gasteiger partial charge in [-0.2, -0.15) is 0 Å². The zero-order chi connectivity index (χ0) is 63.4. The third-order valence-electron chi connectivity index (χ3n) is 17.0. The molecule has 474 valence electrons. The third-order valence-corrected chi connectivity index (χ3v) is 19.1. The van der Waals surface area contributed by atoms with E-state index < -0.39 is 120 Å². The van der Waals surface area contributed by atoms with E-state index >= 15 is 0 Å². The minimum absolute atomic E-state index is 0.0295. The molecule has 1 aromatic carbocycles. The molecule has 8 amide bonds. The van der Waals surface area contributed by atoms with Gasteiger partial charge in [0.1, 0.15) is 42.3 Å². The summed E-state index contributed by atoms with van der Waals surface area (Å²) in [6, 6.07) is 2.46. The van der Waals surface area contributed by atoms with E-state index in [4.69, 9.17) is 11.5 Å². The van der Waals surface area contributed by atoms with Crippen LogP contribution < -0.4 is 54.0 Å². The fourth-order valence-electron chi connectivity index (χ4n) is 12.2. The van der Waals surface area contributed by atoms with Gasteiger partial charge >= 0.3 is 0 Å². The molecule has 21 nitrogen and oxygen atoms in total. The van der Waals surface area contributed by atoms with Crippen molar-refractivity contribution in [1.82, 2.24) is 47.4 Å². The molecule has 3 aliphatic heterocycles. The van der Waals surface area contributed by atoms with E-state index in [0.717, 1.165) is 51.3 Å². The highest BCUT2D eigenvalue weighted by Crippen LogP contribution is 2.45. The number of hydrogen-bond donors (Lipinski definition) is 10. The molecule has 2 saturated heterocycles. The molecule has 2 aromatic heterocycles. The highest BCUT2D eigenvalue weighted by molar-refractivity contribution is 7.14. The summed E-state index contributed by atoms with van der Waals surface area (Å²) >= 11 is 2.71. The van der Waals surface area contributed by atoms with Crippen molar-refractivity contribution < 1.29 is 47.9 Å². The van der Waals surface area contributed by atoms with E-state index in [-0.39, 0.29) is 69.2 Å². The average molecular weight is 1240 g/mol. The maximum Gasteiger partial charge on any atom is 0.262 e. The van der Waals surface area contributed by atoms with Gasteiger partial charge < -0.3 is 53.6 Å². The Hall–Kier alpha value is -6.66. The van der Waals surface area contributed by atoms with Gasteiger partial charge in [-0.25, -0.2) is 0 Å². The molecular formula is C64H91N11O10S2. The highest BCUT2D eigenvalue weighted by Gasteiger charge is 2.42. The third kappa shape index (κ3) is 17.2. The number of rotatable bonds is 12. The summed E-state index contributed by atoms with van der Waals surface area (Å²) in [5.41, 5.74) is 16.6. The Bertz CT molecular complexity index is 3050. The largest absolute Gasteiger partial charge is 0.345 e. The molecule has 7 rings (SSSR count). The summed E-state index contributed by atoms with van der Waals surface area (Å²) in [5.74, 6) is -6.34. The molecule has 1 aliphatic carbocycles. The molecule has 87 heavy (non-hydrogen) atoms. The maximum absolute atomic E-state index is 15.0. The summed E-state index contributed by atoms with van der Waals surface area (Å²) in [5, 5.41) is 23.3. The second-order valence-electron chi connectivity index (χ2n) is 24.9. The number of carbonyl (C=O) groups is 10. The molecule has 4 aliphatic rings. The number of aryl methyl sites for hydroxylation is 2. The van der Waals surface area contributed by atoms with Crippen molar-refractivity contribution in [3.8, 4) is 0 Å². The molecular weight excluding hydrogens is 1150 g/mol. The standard InChI is InChI=1S/C64H91N11O10S2/c1-33(2)29-48-59(80)72-49(30-39-17-11-10-12-18-39)64(85)75-28-16-23-50(75)60(81)73-53(34(3)4)62(83)69-46(21-14-26-65)57(78)67-36(7)55(76)44-24-25-45(68-44)56(77)51-31-42(37(8)86-51)40-19-13-20-41(40)43-32-52(87-38(43)9)61(82)74-54(35(5)6)63(84)70-47(22-15-27-66)58(79)71-48/h10-12,17-18,31-36,44-50,53-54,68H,13-16,19-30,65-66H2,1-9H3,(H,67,78)(H,69,83)(H,70,84)(H,71,79)(H,72,80)(H,73,81)(H,74,82)/t36-,44?,45+,46-,47-,48-,49+,50-,53-,54-/m0/s1. The van der Waals surface area contributed by atoms with Crippen LogP contribution in [0.5, 0.6) is 0 Å². The Labute approximate surface area is 519 Å². The molecule has 23 heteroatoms. The monoisotopic (exact) mass is 1240 g/mol. The SMILES string of the molecule is Cc1sc2cc1C1=C(CCC1)c1cc(sc1C)C(=O)[C@H]1CCC(N1)C(=O)[C@H](C)NC(=O)[C@H](CCCN)NC(=O)[C@H](C(C)C)NC(=O)[C@@H]1CCCN1C(=O)[C@@H](Cc1ccccc1)NC(=O)[C@H](CC(C)C)NC(=O)[C@H](CCCN)NC(=O)[C@H](C(C)C)NC2=O. The number of amides is 8. The number of hydrogen-bond acceptors (Lipinski definition) is 15. The minimum atomic E-state index is -1.22. The fourth-order valence-corrected chi connectivity index (χ4v) is 14.2. The van der Waals surface area contributed by atoms with Crippen LogP contribution in [0.4, 0.5) is 0 Å². The van der Waals surface area contributed by atoms with Gasteiger partial charge in [-0.05, 0) is 169 Å². The predicted molar refractivity (Wildman–Crippen MR) is 337 cm³/mol. The zero-order valence-corrected chi connectivity index (χ0v) is 53.5. The van der Waals surface area contributed by atoms with E-state index in [0.29, 0.717) is 47.4 Å². The first-order valence-electron chi connectivity index (χ1n) is 31.1. The van der Waals surface area contributed by atoms with Gasteiger partial charge in [-0.1, -0.05) is 71.9 Å². The van der Waals surface area contributed by atoms with Crippen molar-refractivity contribution in [1.29, 1.82) is 0 Å². The number of Topliss-reactive ketones (excluding diaryl/α,β-unsaturated/α-hetero) is 2. The molecule has 5 heterocycles. The normalized spacial score (nSPS) is 26.5. The molecule has 0 spiro atoms. The van der Waals surface area contributed by atoms with E-state index in [9.17, 15) is 47.9 Å². The molecule has 0 saturated carbocycles. The van der Waals surface area contributed by atoms with E-state index in [1.54, 1.807) is 46.8 Å². The first-order valence-corrected chi connectivity index (χ1v) is 32.7. The van der Waals surface area contributed by atoms with Crippen molar-refractivity contribution in [2.45, 2.75) is 206 Å². The van der Waals surface area contributed by atoms with Crippen LogP contribution in [0.25, 0.3) is 11.1 Å². The summed E-state index contributed by atoms with van der Waals surface area (Å²) in [7, 11) is 0. The molecule has 6 bridgehead atoms. The number of carbonyl (C=O) groups excluding carboxylic acids is 10. The molecule has 2 fully saturated rings. The number of thiophene rings is 2. The first-order chi connectivity index (χ1) is 41.4. The second-order valence-corrected chi connectivity index (χ2v) is 27.4. The number of ketones is 2. The number of allylic oxidation sites excluding steroid dienone is 2. The maximum atomic E-state index is 15.0. The topological polar surface area (TPSA) is 322 Å². The Kier molecular flexibility index (Phi) is 24.2. The molecule has 0 radical (unpaired) electrons. The predicted octanol–water partition coefficient (Wildman–Crippen LogP) is 4.50. The molecule has 12 N–H and O–H groups in total. The van der Waals surface area contributed by atoms with Crippen molar-refractivity contribution in [3.05, 3.63) is 78.7 Å². The number of nitrogens with two attached hydrogens (primary N) is 2. The van der Waals surface area contributed by atoms with E-state index in [2.05, 4.69) is 42.5 Å². The molecule has 1 unspecified atom stereocenters. The smallest absolute Gasteiger partial charge is 0.262 e. The second kappa shape index (κ2) is 31.0. The van der Waals surface area contributed by atoms with Crippen molar-refractivity contribution in [2.75, 3.05) is 19.6 Å². The number of fused-ring (bicyclic) bond motifs is 9. The summed E-state index contributed by atoms with van der Waals surface area (Å²) in [6.45, 7) is 16.9. The molecule has 10 atom stereocenters. The lowest BCUT2D eigenvalue weighted by molar-refractivity contribution is -0.143. The summed E-state index contributed by atoms with van der Waals surface area (Å²) in [6.07, 6.45) is 4.92. The van der Waals surface area contributed by atoms with Crippen LogP contribution in [0.1, 0.15) is 171 Å². The van der Waals surface area contributed by atoms with Crippen molar-refractivity contribution in [3.63, 3.8) is 0 Å². The molecule has 3 aromatic rings. The number of nitrogens with one attached hydrogen (secondary N) is 8. The van der Waals surface area contributed by atoms with Gasteiger partial charge in [0.25, 0.3) is 5.91 Å². The fraction of sp³-hybridized carbons (Fsp3) is 0.594. The van der Waals surface area contributed by atoms with Gasteiger partial charge in [0.15, 0.2) is 11.6 Å².